The predicted molar refractivity (Wildman–Crippen MR) is 98.2 cm³/mol. The number of aliphatic hydroxyl groups is 2. The lowest BCUT2D eigenvalue weighted by Gasteiger charge is -2.12. The molecular weight excluding hydrogens is 312 g/mol. The zero-order chi connectivity index (χ0) is 17.5. The number of rotatable bonds is 7. The maximum Gasteiger partial charge on any atom is 0.178 e. The topological polar surface area (TPSA) is 49.7 Å². The van der Waals surface area contributed by atoms with Gasteiger partial charge in [0.25, 0.3) is 0 Å². The number of hydrogen-bond donors (Lipinski definition) is 2. The third-order valence-corrected chi connectivity index (χ3v) is 4.17. The van der Waals surface area contributed by atoms with Gasteiger partial charge in [-0.3, -0.25) is 0 Å². The summed E-state index contributed by atoms with van der Waals surface area (Å²) in [6.45, 7) is 0.556. The highest BCUT2D eigenvalue weighted by Gasteiger charge is 2.06. The molecule has 0 aliphatic carbocycles. The van der Waals surface area contributed by atoms with E-state index in [1.807, 2.05) is 48.5 Å². The maximum absolute atomic E-state index is 9.15. The van der Waals surface area contributed by atoms with Crippen molar-refractivity contribution in [2.24, 2.45) is 0 Å². The van der Waals surface area contributed by atoms with Gasteiger partial charge in [-0.05, 0) is 35.6 Å². The van der Waals surface area contributed by atoms with E-state index in [0.29, 0.717) is 12.2 Å². The normalized spacial score (nSPS) is 10.8. The first kappa shape index (κ1) is 17.2. The van der Waals surface area contributed by atoms with Gasteiger partial charge in [-0.2, -0.15) is 0 Å². The monoisotopic (exact) mass is 334 g/mol. The third-order valence-electron chi connectivity index (χ3n) is 4.17. The summed E-state index contributed by atoms with van der Waals surface area (Å²) in [6, 6.07) is 25.6. The summed E-state index contributed by atoms with van der Waals surface area (Å²) in [5, 5.41) is 18.3. The quantitative estimate of drug-likeness (QED) is 0.641. The van der Waals surface area contributed by atoms with E-state index in [1.54, 1.807) is 12.1 Å². The van der Waals surface area contributed by atoms with E-state index in [0.717, 1.165) is 29.7 Å². The molecule has 0 amide bonds. The molecule has 0 atom stereocenters. The number of ether oxygens (including phenoxy) is 1. The van der Waals surface area contributed by atoms with Crippen LogP contribution in [-0.2, 0) is 19.4 Å². The van der Waals surface area contributed by atoms with Crippen molar-refractivity contribution >= 4 is 0 Å². The van der Waals surface area contributed by atoms with Crippen molar-refractivity contribution in [2.45, 2.75) is 25.7 Å². The highest BCUT2D eigenvalue weighted by atomic mass is 16.5. The summed E-state index contributed by atoms with van der Waals surface area (Å²) in [4.78, 5) is 0. The van der Waals surface area contributed by atoms with Crippen LogP contribution >= 0.6 is 0 Å². The Morgan fingerprint density at radius 2 is 1.36 bits per heavy atom. The minimum Gasteiger partial charge on any atom is -0.489 e. The number of aliphatic hydroxyl groups excluding tert-OH is 1. The molecule has 0 fully saturated rings. The van der Waals surface area contributed by atoms with Crippen molar-refractivity contribution in [1.29, 1.82) is 0 Å². The molecule has 0 saturated heterocycles. The SMILES string of the molecule is OC(O)c1ccc(CCc2ccccc2OCc2ccccc2)cc1. The zero-order valence-corrected chi connectivity index (χ0v) is 14.0. The van der Waals surface area contributed by atoms with Gasteiger partial charge in [0.15, 0.2) is 6.29 Å². The fourth-order valence-electron chi connectivity index (χ4n) is 2.72. The molecule has 0 aliphatic rings. The lowest BCUT2D eigenvalue weighted by Crippen LogP contribution is -2.00. The molecule has 25 heavy (non-hydrogen) atoms. The number of hydrogen-bond acceptors (Lipinski definition) is 3. The average Bonchev–Trinajstić information content (AvgIpc) is 2.66. The maximum atomic E-state index is 9.15. The standard InChI is InChI=1S/C22H22O3/c23-22(24)20-14-11-17(12-15-20)10-13-19-8-4-5-9-21(19)25-16-18-6-2-1-3-7-18/h1-9,11-12,14-15,22-24H,10,13,16H2. The van der Waals surface area contributed by atoms with Crippen molar-refractivity contribution in [2.75, 3.05) is 0 Å². The molecule has 0 radical (unpaired) electrons. The molecule has 3 rings (SSSR count). The first-order valence-electron chi connectivity index (χ1n) is 8.42. The number of para-hydroxylation sites is 1. The van der Waals surface area contributed by atoms with Gasteiger partial charge in [-0.25, -0.2) is 0 Å². The van der Waals surface area contributed by atoms with Gasteiger partial charge in [-0.1, -0.05) is 72.8 Å². The van der Waals surface area contributed by atoms with E-state index < -0.39 is 6.29 Å². The van der Waals surface area contributed by atoms with Gasteiger partial charge in [0.1, 0.15) is 12.4 Å². The van der Waals surface area contributed by atoms with E-state index in [1.165, 1.54) is 5.56 Å². The molecule has 0 bridgehead atoms. The van der Waals surface area contributed by atoms with E-state index in [4.69, 9.17) is 14.9 Å². The van der Waals surface area contributed by atoms with E-state index in [-0.39, 0.29) is 0 Å². The molecule has 0 aromatic heterocycles. The van der Waals surface area contributed by atoms with Crippen LogP contribution in [0, 0.1) is 0 Å². The first-order valence-corrected chi connectivity index (χ1v) is 8.42. The minimum absolute atomic E-state index is 0.510. The van der Waals surface area contributed by atoms with Crippen molar-refractivity contribution < 1.29 is 14.9 Å². The van der Waals surface area contributed by atoms with E-state index in [9.17, 15) is 0 Å². The summed E-state index contributed by atoms with van der Waals surface area (Å²) < 4.78 is 6.00. The Kier molecular flexibility index (Phi) is 5.83. The molecule has 0 aliphatic heterocycles. The summed E-state index contributed by atoms with van der Waals surface area (Å²) in [5.41, 5.74) is 3.98. The van der Waals surface area contributed by atoms with Gasteiger partial charge in [0.2, 0.25) is 0 Å². The van der Waals surface area contributed by atoms with Crippen LogP contribution in [0.1, 0.15) is 28.5 Å². The Morgan fingerprint density at radius 1 is 0.680 bits per heavy atom. The second-order valence-electron chi connectivity index (χ2n) is 6.00. The molecule has 0 heterocycles. The Morgan fingerprint density at radius 3 is 2.08 bits per heavy atom. The van der Waals surface area contributed by atoms with Crippen LogP contribution < -0.4 is 4.74 Å². The molecule has 3 aromatic carbocycles. The molecule has 0 spiro atoms. The Balaban J connectivity index is 1.62. The van der Waals surface area contributed by atoms with Gasteiger partial charge in [0, 0.05) is 5.56 Å². The molecule has 3 heteroatoms. The molecule has 2 N–H and O–H groups in total. The van der Waals surface area contributed by atoms with E-state index in [2.05, 4.69) is 18.2 Å². The minimum atomic E-state index is -1.42. The fraction of sp³-hybridized carbons (Fsp3) is 0.182. The molecule has 0 unspecified atom stereocenters. The molecule has 0 saturated carbocycles. The smallest absolute Gasteiger partial charge is 0.178 e. The van der Waals surface area contributed by atoms with Gasteiger partial charge in [-0.15, -0.1) is 0 Å². The number of benzene rings is 3. The lowest BCUT2D eigenvalue weighted by atomic mass is 10.0. The van der Waals surface area contributed by atoms with Gasteiger partial charge >= 0.3 is 0 Å². The summed E-state index contributed by atoms with van der Waals surface area (Å²) in [5.74, 6) is 0.911. The second-order valence-corrected chi connectivity index (χ2v) is 6.00. The predicted octanol–water partition coefficient (Wildman–Crippen LogP) is 4.03. The van der Waals surface area contributed by atoms with Crippen LogP contribution in [0.15, 0.2) is 78.9 Å². The van der Waals surface area contributed by atoms with Crippen LogP contribution in [0.3, 0.4) is 0 Å². The average molecular weight is 334 g/mol. The zero-order valence-electron chi connectivity index (χ0n) is 14.0. The van der Waals surface area contributed by atoms with Crippen molar-refractivity contribution in [1.82, 2.24) is 0 Å². The summed E-state index contributed by atoms with van der Waals surface area (Å²) >= 11 is 0. The van der Waals surface area contributed by atoms with Crippen molar-refractivity contribution in [3.8, 4) is 5.75 Å². The summed E-state index contributed by atoms with van der Waals surface area (Å²) in [7, 11) is 0. The largest absolute Gasteiger partial charge is 0.489 e. The van der Waals surface area contributed by atoms with Crippen LogP contribution in [0.25, 0.3) is 0 Å². The lowest BCUT2D eigenvalue weighted by molar-refractivity contribution is -0.0424. The number of aryl methyl sites for hydroxylation is 2. The molecular formula is C22H22O3. The molecule has 3 aromatic rings. The highest BCUT2D eigenvalue weighted by molar-refractivity contribution is 5.35. The third kappa shape index (κ3) is 4.92. The molecule has 128 valence electrons. The molecule has 3 nitrogen and oxygen atoms in total. The van der Waals surface area contributed by atoms with E-state index >= 15 is 0 Å². The second kappa shape index (κ2) is 8.47. The van der Waals surface area contributed by atoms with Crippen molar-refractivity contribution in [3.05, 3.63) is 101 Å². The summed E-state index contributed by atoms with van der Waals surface area (Å²) in [6.07, 6.45) is 0.320. The van der Waals surface area contributed by atoms with Gasteiger partial charge in [0.05, 0.1) is 0 Å². The highest BCUT2D eigenvalue weighted by Crippen LogP contribution is 2.22. The van der Waals surface area contributed by atoms with Crippen LogP contribution in [0.4, 0.5) is 0 Å². The van der Waals surface area contributed by atoms with Crippen LogP contribution in [0.2, 0.25) is 0 Å². The Hall–Kier alpha value is -2.62. The van der Waals surface area contributed by atoms with Crippen molar-refractivity contribution in [3.63, 3.8) is 0 Å². The Labute approximate surface area is 148 Å². The van der Waals surface area contributed by atoms with Crippen LogP contribution in [-0.4, -0.2) is 10.2 Å². The van der Waals surface area contributed by atoms with Gasteiger partial charge < -0.3 is 14.9 Å². The fourth-order valence-corrected chi connectivity index (χ4v) is 2.72. The Bertz CT molecular complexity index is 780. The van der Waals surface area contributed by atoms with Crippen LogP contribution in [0.5, 0.6) is 5.75 Å². The first-order chi connectivity index (χ1) is 12.2.